The van der Waals surface area contributed by atoms with Crippen molar-refractivity contribution in [3.05, 3.63) is 27.7 Å². The second-order valence-corrected chi connectivity index (χ2v) is 8.86. The molecule has 2 fully saturated rings. The predicted octanol–water partition coefficient (Wildman–Crippen LogP) is 3.63. The lowest BCUT2D eigenvalue weighted by molar-refractivity contribution is -0.143. The van der Waals surface area contributed by atoms with Gasteiger partial charge in [0.05, 0.1) is 5.75 Å². The number of amides is 2. The number of hydrogen-bond donors (Lipinski definition) is 0. The van der Waals surface area contributed by atoms with Crippen LogP contribution in [0.3, 0.4) is 0 Å². The normalized spacial score (nSPS) is 18.2. The molecule has 1 aliphatic carbocycles. The number of benzene rings is 1. The third-order valence-corrected chi connectivity index (χ3v) is 7.20. The first kappa shape index (κ1) is 18.8. The highest BCUT2D eigenvalue weighted by molar-refractivity contribution is 9.10. The lowest BCUT2D eigenvalue weighted by Crippen LogP contribution is -2.53. The Morgan fingerprint density at radius 2 is 1.72 bits per heavy atom. The highest BCUT2D eigenvalue weighted by Gasteiger charge is 2.31. The van der Waals surface area contributed by atoms with Gasteiger partial charge in [0, 0.05) is 41.5 Å². The molecule has 3 rings (SSSR count). The number of halogens is 1. The van der Waals surface area contributed by atoms with Crippen LogP contribution in [0.1, 0.15) is 30.4 Å². The van der Waals surface area contributed by atoms with E-state index in [1.54, 1.807) is 11.8 Å². The monoisotopic (exact) mass is 424 g/mol. The van der Waals surface area contributed by atoms with Crippen LogP contribution in [-0.4, -0.2) is 53.5 Å². The molecule has 136 valence electrons. The molecule has 0 spiro atoms. The largest absolute Gasteiger partial charge is 0.339 e. The second-order valence-electron chi connectivity index (χ2n) is 6.99. The second kappa shape index (κ2) is 8.12. The van der Waals surface area contributed by atoms with E-state index < -0.39 is 0 Å². The van der Waals surface area contributed by atoms with Crippen molar-refractivity contribution in [2.75, 3.05) is 31.9 Å². The minimum Gasteiger partial charge on any atom is -0.339 e. The minimum absolute atomic E-state index is 0.167. The summed E-state index contributed by atoms with van der Waals surface area (Å²) in [7, 11) is 0. The third-order valence-electron chi connectivity index (χ3n) is 5.21. The Hall–Kier alpha value is -1.01. The molecule has 1 aromatic carbocycles. The van der Waals surface area contributed by atoms with E-state index in [1.807, 2.05) is 9.80 Å². The van der Waals surface area contributed by atoms with Crippen LogP contribution in [0.2, 0.25) is 0 Å². The molecule has 1 saturated heterocycles. The van der Waals surface area contributed by atoms with E-state index >= 15 is 0 Å². The van der Waals surface area contributed by atoms with E-state index in [1.165, 1.54) is 17.5 Å². The van der Waals surface area contributed by atoms with Gasteiger partial charge in [0.15, 0.2) is 0 Å². The fourth-order valence-corrected chi connectivity index (χ4v) is 4.70. The van der Waals surface area contributed by atoms with Gasteiger partial charge in [-0.3, -0.25) is 9.59 Å². The smallest absolute Gasteiger partial charge is 0.233 e. The van der Waals surface area contributed by atoms with Gasteiger partial charge < -0.3 is 9.80 Å². The summed E-state index contributed by atoms with van der Waals surface area (Å²) in [5.41, 5.74) is 2.37. The zero-order chi connectivity index (χ0) is 18.0. The van der Waals surface area contributed by atoms with E-state index in [-0.39, 0.29) is 11.8 Å². The Balaban J connectivity index is 1.48. The molecule has 25 heavy (non-hydrogen) atoms. The number of carbonyl (C=O) groups excluding carboxylic acids is 2. The lowest BCUT2D eigenvalue weighted by atomic mass is 9.84. The van der Waals surface area contributed by atoms with Crippen molar-refractivity contribution in [3.63, 3.8) is 0 Å². The van der Waals surface area contributed by atoms with E-state index in [0.29, 0.717) is 37.8 Å². The maximum absolute atomic E-state index is 12.5. The van der Waals surface area contributed by atoms with Crippen molar-refractivity contribution in [1.82, 2.24) is 9.80 Å². The highest BCUT2D eigenvalue weighted by atomic mass is 79.9. The first-order chi connectivity index (χ1) is 12.0. The maximum Gasteiger partial charge on any atom is 0.233 e. The average molecular weight is 425 g/mol. The molecule has 2 aliphatic rings. The van der Waals surface area contributed by atoms with Gasteiger partial charge in [-0.15, -0.1) is 11.8 Å². The summed E-state index contributed by atoms with van der Waals surface area (Å²) in [5, 5.41) is 0. The Labute approximate surface area is 162 Å². The topological polar surface area (TPSA) is 40.6 Å². The molecule has 0 aromatic heterocycles. The highest BCUT2D eigenvalue weighted by Crippen LogP contribution is 2.30. The van der Waals surface area contributed by atoms with Gasteiger partial charge >= 0.3 is 0 Å². The van der Waals surface area contributed by atoms with Gasteiger partial charge in [0.25, 0.3) is 0 Å². The molecule has 2 amide bonds. The van der Waals surface area contributed by atoms with E-state index in [4.69, 9.17) is 0 Å². The summed E-state index contributed by atoms with van der Waals surface area (Å²) >= 11 is 5.15. The fourth-order valence-electron chi connectivity index (χ4n) is 3.23. The van der Waals surface area contributed by atoms with E-state index in [0.717, 1.165) is 22.2 Å². The van der Waals surface area contributed by atoms with Gasteiger partial charge in [-0.2, -0.15) is 0 Å². The van der Waals surface area contributed by atoms with Crippen LogP contribution >= 0.6 is 27.7 Å². The molecule has 1 heterocycles. The third kappa shape index (κ3) is 4.40. The molecule has 1 saturated carbocycles. The number of carbonyl (C=O) groups is 2. The molecule has 1 aliphatic heterocycles. The van der Waals surface area contributed by atoms with Crippen molar-refractivity contribution in [2.24, 2.45) is 5.92 Å². The molecule has 0 bridgehead atoms. The fraction of sp³-hybridized carbons (Fsp3) is 0.579. The van der Waals surface area contributed by atoms with Crippen LogP contribution in [0.25, 0.3) is 0 Å². The molecular formula is C19H25BrN2O2S. The summed E-state index contributed by atoms with van der Waals surface area (Å²) < 4.78 is 1.10. The Bertz CT molecular complexity index is 668. The van der Waals surface area contributed by atoms with Crippen LogP contribution in [0.5, 0.6) is 0 Å². The van der Waals surface area contributed by atoms with Crippen molar-refractivity contribution in [3.8, 4) is 0 Å². The van der Waals surface area contributed by atoms with Gasteiger partial charge in [-0.25, -0.2) is 0 Å². The molecule has 0 atom stereocenters. The van der Waals surface area contributed by atoms with Crippen LogP contribution in [0.15, 0.2) is 21.5 Å². The SMILES string of the molecule is Cc1cc(SCC(=O)N2CCN(C(=O)C3CCC3)CC2)c(C)cc1Br. The maximum atomic E-state index is 12.5. The standard InChI is InChI=1S/C19H25BrN2O2S/c1-13-11-17(14(2)10-16(13)20)25-12-18(23)21-6-8-22(9-7-21)19(24)15-4-3-5-15/h10-11,15H,3-9,12H2,1-2H3. The minimum atomic E-state index is 0.167. The number of thioether (sulfide) groups is 1. The first-order valence-electron chi connectivity index (χ1n) is 8.92. The number of hydrogen-bond acceptors (Lipinski definition) is 3. The van der Waals surface area contributed by atoms with Gasteiger partial charge in [-0.05, 0) is 49.9 Å². The van der Waals surface area contributed by atoms with Crippen molar-refractivity contribution >= 4 is 39.5 Å². The number of piperazine rings is 1. The van der Waals surface area contributed by atoms with Gasteiger partial charge in [-0.1, -0.05) is 22.4 Å². The van der Waals surface area contributed by atoms with Crippen LogP contribution < -0.4 is 0 Å². The van der Waals surface area contributed by atoms with E-state index in [9.17, 15) is 9.59 Å². The summed E-state index contributed by atoms with van der Waals surface area (Å²) in [6.45, 7) is 6.83. The number of nitrogens with zero attached hydrogens (tertiary/aromatic N) is 2. The zero-order valence-corrected chi connectivity index (χ0v) is 17.3. The van der Waals surface area contributed by atoms with Crippen molar-refractivity contribution in [1.29, 1.82) is 0 Å². The van der Waals surface area contributed by atoms with E-state index in [2.05, 4.69) is 41.9 Å². The molecule has 1 aromatic rings. The molecule has 4 nitrogen and oxygen atoms in total. The average Bonchev–Trinajstić information content (AvgIpc) is 2.55. The number of rotatable bonds is 4. The Morgan fingerprint density at radius 1 is 1.08 bits per heavy atom. The van der Waals surface area contributed by atoms with Crippen LogP contribution in [0, 0.1) is 19.8 Å². The molecule has 0 radical (unpaired) electrons. The van der Waals surface area contributed by atoms with Crippen molar-refractivity contribution < 1.29 is 9.59 Å². The van der Waals surface area contributed by atoms with Crippen LogP contribution in [-0.2, 0) is 9.59 Å². The molecular weight excluding hydrogens is 400 g/mol. The first-order valence-corrected chi connectivity index (χ1v) is 10.7. The van der Waals surface area contributed by atoms with Gasteiger partial charge in [0.2, 0.25) is 11.8 Å². The molecule has 0 N–H and O–H groups in total. The van der Waals surface area contributed by atoms with Crippen molar-refractivity contribution in [2.45, 2.75) is 38.0 Å². The summed E-state index contributed by atoms with van der Waals surface area (Å²) in [4.78, 5) is 29.8. The Kier molecular flexibility index (Phi) is 6.10. The quantitative estimate of drug-likeness (QED) is 0.692. The zero-order valence-electron chi connectivity index (χ0n) is 14.9. The summed E-state index contributed by atoms with van der Waals surface area (Å²) in [6, 6.07) is 4.24. The van der Waals surface area contributed by atoms with Gasteiger partial charge in [0.1, 0.15) is 0 Å². The summed E-state index contributed by atoms with van der Waals surface area (Å²) in [6.07, 6.45) is 3.27. The Morgan fingerprint density at radius 3 is 2.32 bits per heavy atom. The molecule has 0 unspecified atom stereocenters. The number of aryl methyl sites for hydroxylation is 2. The summed E-state index contributed by atoms with van der Waals surface area (Å²) in [5.74, 6) is 1.18. The lowest BCUT2D eigenvalue weighted by Gasteiger charge is -2.38. The molecule has 6 heteroatoms. The van der Waals surface area contributed by atoms with Crippen LogP contribution in [0.4, 0.5) is 0 Å². The predicted molar refractivity (Wildman–Crippen MR) is 105 cm³/mol.